The second-order valence-electron chi connectivity index (χ2n) is 25.9. The summed E-state index contributed by atoms with van der Waals surface area (Å²) in [4.78, 5) is 88.6. The van der Waals surface area contributed by atoms with Crippen molar-refractivity contribution in [1.82, 2.24) is 48.2 Å². The maximum Gasteiger partial charge on any atom is 1.00 e. The number of aromatic hydroxyl groups is 2. The first-order valence-electron chi connectivity index (χ1n) is 38.0. The van der Waals surface area contributed by atoms with Gasteiger partial charge in [0.15, 0.2) is 46.3 Å². The summed E-state index contributed by atoms with van der Waals surface area (Å²) in [7, 11) is 0. The SMILES string of the molecule is CCI.CCOc1ccc(-c2cc(=O)n3cc(N4CCCCC4)ccc3n2)cc1F.CCOc1ccc(-c2cc(=O)n3cc(N4CCNCC4)ccc3n2)cc1F.CO.O=CO[O-].O=c1cc(-c2ccc(O)c(F)c2)nc2ccc(N3CCCCC3)cn12.O=c1cc(-c2ccc(O)c(F)c2)nc2ccc(N3CCNCC3)cn12.[2H]CF.[H-].[K+].[K+]. The minimum atomic E-state index is -1.00. The Morgan fingerprint density at radius 3 is 0.932 bits per heavy atom. The number of alkyl halides is 2. The van der Waals surface area contributed by atoms with E-state index in [4.69, 9.17) is 26.0 Å². The molecule has 4 aliphatic heterocycles. The van der Waals surface area contributed by atoms with Gasteiger partial charge in [0.05, 0.1) is 67.3 Å². The first-order chi connectivity index (χ1) is 56.3. The van der Waals surface area contributed by atoms with Gasteiger partial charge >= 0.3 is 103 Å². The zero-order chi connectivity index (χ0) is 83.2. The molecule has 16 rings (SSSR count). The van der Waals surface area contributed by atoms with Crippen molar-refractivity contribution in [2.45, 2.75) is 59.3 Å². The van der Waals surface area contributed by atoms with E-state index in [-0.39, 0.29) is 144 Å². The molecule has 0 amide bonds. The standard InChI is InChI=1S/C21H22FN3O2.C20H21FN4O2.C19H18FN3O2.C18H17FN4O2.C2H5I.CH3F.CH2O3.CH4O.2K.H/c1-2-27-19-8-6-15(12-17(19)22)18-13-21(26)25-14-16(7-9-20(25)23-18)24-10-4-3-5-11-24;1-2-27-18-5-3-14(11-16(18)21)17-12-20(26)25-13-15(4-6-19(25)23-17)24-9-7-22-8-10-24;20-15-10-13(4-6-17(15)24)16-11-19(25)23-12-14(5-7-18(23)21-16)22-8-2-1-3-9-22;19-14-9-12(1-3-16(14)24)15-10-18(25)23-11-13(2-4-17(23)21-15)22-7-5-20-6-8-22;1-2-3;1-2;2-1-4-3;1-2;;;/h6-9,12-14H,2-5,10-11H2,1H3;3-6,11-13,22H,2,7-10H2,1H3;4-7,10-12,24H,1-3,8-9H2;1-4,9-11,20,24H,5-8H2;2H2,1H3;1H3;1,3H;2H,1H3;;;/q;;;;;;;;2*+1;-1/p-1/i;;;;;1D;;;;;. The summed E-state index contributed by atoms with van der Waals surface area (Å²) in [5.41, 5.74) is 8.93. The molecule has 8 aromatic heterocycles. The quantitative estimate of drug-likeness (QED) is 0.0188. The number of hydrogen-bond donors (Lipinski definition) is 5. The summed E-state index contributed by atoms with van der Waals surface area (Å²) in [5, 5.41) is 40.6. The topological polar surface area (TPSA) is 303 Å². The summed E-state index contributed by atoms with van der Waals surface area (Å²) >= 11 is 2.29. The van der Waals surface area contributed by atoms with Gasteiger partial charge in [0.25, 0.3) is 28.7 Å². The number of ether oxygens (including phenoxy) is 2. The first-order valence-corrected chi connectivity index (χ1v) is 38.8. The zero-order valence-electron chi connectivity index (χ0n) is 67.9. The van der Waals surface area contributed by atoms with Crippen LogP contribution in [-0.2, 0) is 9.68 Å². The third-order valence-corrected chi connectivity index (χ3v) is 18.6. The average Bonchev–Trinajstić information content (AvgIpc) is 0.800. The van der Waals surface area contributed by atoms with Crippen molar-refractivity contribution in [3.63, 3.8) is 0 Å². The Balaban J connectivity index is 0.000000233. The van der Waals surface area contributed by atoms with E-state index in [1.165, 1.54) is 110 Å². The molecule has 12 heterocycles. The maximum atomic E-state index is 14.2. The Bertz CT molecular complexity index is 5200. The fraction of sp³-hybridized carbons (Fsp3) is 0.313. The molecular weight excluding hydrogens is 1690 g/mol. The minimum Gasteiger partial charge on any atom is -1.00 e. The predicted octanol–water partition coefficient (Wildman–Crippen LogP) is 5.20. The summed E-state index contributed by atoms with van der Waals surface area (Å²) in [6, 6.07) is 38.0. The van der Waals surface area contributed by atoms with Crippen LogP contribution in [-0.4, -0.2) is 170 Å². The van der Waals surface area contributed by atoms with Crippen molar-refractivity contribution < 1.29 is 167 Å². The van der Waals surface area contributed by atoms with Gasteiger partial charge in [-0.2, -0.15) is 0 Å². The molecule has 610 valence electrons. The Morgan fingerprint density at radius 2 is 0.692 bits per heavy atom. The van der Waals surface area contributed by atoms with Gasteiger partial charge in [-0.3, -0.25) is 46.0 Å². The van der Waals surface area contributed by atoms with Gasteiger partial charge in [-0.1, -0.05) is 29.5 Å². The number of piperidine rings is 2. The molecule has 4 fully saturated rings. The number of nitrogens with one attached hydrogen (secondary N) is 2. The number of phenols is 2. The van der Waals surface area contributed by atoms with Gasteiger partial charge in [-0.15, -0.1) is 0 Å². The molecule has 0 atom stereocenters. The van der Waals surface area contributed by atoms with Crippen molar-refractivity contribution in [3.8, 4) is 68.0 Å². The van der Waals surface area contributed by atoms with Gasteiger partial charge in [0.2, 0.25) is 0 Å². The monoisotopic (exact) mass is 1780 g/mol. The number of carbonyl (C=O) groups is 1. The molecule has 26 nitrogen and oxygen atoms in total. The van der Waals surface area contributed by atoms with Gasteiger partial charge in [0, 0.05) is 157 Å². The van der Waals surface area contributed by atoms with Crippen molar-refractivity contribution >= 4 is 74.4 Å². The van der Waals surface area contributed by atoms with Crippen LogP contribution in [0.15, 0.2) is 190 Å². The predicted molar refractivity (Wildman–Crippen MR) is 443 cm³/mol. The molecule has 4 saturated heterocycles. The summed E-state index contributed by atoms with van der Waals surface area (Å²) in [5.74, 6) is -2.87. The molecule has 34 heteroatoms. The van der Waals surface area contributed by atoms with Gasteiger partial charge in [-0.05, 0) is 178 Å². The van der Waals surface area contributed by atoms with E-state index in [9.17, 15) is 51.3 Å². The van der Waals surface area contributed by atoms with Crippen LogP contribution in [0.2, 0.25) is 0 Å². The molecule has 0 spiro atoms. The molecule has 5 N–H and O–H groups in total. The molecule has 0 bridgehead atoms. The maximum absolute atomic E-state index is 14.2. The first kappa shape index (κ1) is 94.2. The number of carbonyl (C=O) groups excluding carboxylic acids is 1. The average molecular weight is 1780 g/mol. The van der Waals surface area contributed by atoms with Crippen LogP contribution in [0.5, 0.6) is 23.0 Å². The second kappa shape index (κ2) is 48.7. The fourth-order valence-corrected chi connectivity index (χ4v) is 13.1. The molecular formula is C83H92F5IK2N14O12. The number of pyridine rings is 4. The van der Waals surface area contributed by atoms with Crippen LogP contribution >= 0.6 is 22.6 Å². The molecule has 0 saturated carbocycles. The van der Waals surface area contributed by atoms with Crippen LogP contribution in [0, 0.1) is 23.3 Å². The number of phenolic OH excluding ortho intramolecular Hbond substituents is 2. The Hall–Kier alpha value is -8.32. The Morgan fingerprint density at radius 1 is 0.444 bits per heavy atom. The van der Waals surface area contributed by atoms with E-state index in [1.54, 1.807) is 60.8 Å². The molecule has 0 unspecified atom stereocenters. The normalized spacial score (nSPS) is 13.6. The van der Waals surface area contributed by atoms with E-state index >= 15 is 0 Å². The Kier molecular flexibility index (Phi) is 39.2. The zero-order valence-corrected chi connectivity index (χ0v) is 74.4. The van der Waals surface area contributed by atoms with Crippen molar-refractivity contribution in [2.75, 3.05) is 130 Å². The number of hydrogen-bond acceptors (Lipinski definition) is 22. The number of rotatable bonds is 13. The van der Waals surface area contributed by atoms with Gasteiger partial charge in [-0.25, -0.2) is 37.5 Å². The number of aliphatic hydroxyl groups excluding tert-OH is 1. The number of piperazine rings is 2. The van der Waals surface area contributed by atoms with Crippen molar-refractivity contribution in [3.05, 3.63) is 235 Å². The third kappa shape index (κ3) is 26.1. The second-order valence-corrected chi connectivity index (χ2v) is 27.4. The van der Waals surface area contributed by atoms with Crippen LogP contribution in [0.25, 0.3) is 67.6 Å². The van der Waals surface area contributed by atoms with Crippen LogP contribution in [0.1, 0.15) is 62.1 Å². The Labute approximate surface area is 773 Å². The summed E-state index contributed by atoms with van der Waals surface area (Å²) in [6.07, 6.45) is 14.4. The van der Waals surface area contributed by atoms with E-state index in [0.29, 0.717) is 80.8 Å². The van der Waals surface area contributed by atoms with Gasteiger partial charge in [0.1, 0.15) is 22.6 Å². The van der Waals surface area contributed by atoms with Crippen molar-refractivity contribution in [1.29, 1.82) is 0 Å². The van der Waals surface area contributed by atoms with Crippen molar-refractivity contribution in [2.24, 2.45) is 0 Å². The fourth-order valence-electron chi connectivity index (χ4n) is 13.1. The number of benzene rings is 4. The molecule has 12 aromatic rings. The molecule has 4 aromatic carbocycles. The van der Waals surface area contributed by atoms with E-state index < -0.39 is 41.9 Å². The third-order valence-electron chi connectivity index (χ3n) is 18.6. The van der Waals surface area contributed by atoms with Crippen LogP contribution < -0.4 is 170 Å². The number of fused-ring (bicyclic) bond motifs is 4. The molecule has 0 radical (unpaired) electrons. The van der Waals surface area contributed by atoms with E-state index in [0.717, 1.165) is 121 Å². The number of aliphatic hydroxyl groups is 1. The number of anilines is 4. The largest absolute Gasteiger partial charge is 1.00 e. The minimum absolute atomic E-state index is 0. The van der Waals surface area contributed by atoms with E-state index in [1.807, 2.05) is 61.1 Å². The molecule has 4 aliphatic rings. The van der Waals surface area contributed by atoms with Crippen LogP contribution in [0.4, 0.5) is 44.7 Å². The number of nitrogens with zero attached hydrogens (tertiary/aromatic N) is 12. The van der Waals surface area contributed by atoms with Gasteiger partial charge < -0.3 is 66.6 Å². The number of halogens is 6. The summed E-state index contributed by atoms with van der Waals surface area (Å²) in [6.45, 7) is 17.6. The van der Waals surface area contributed by atoms with Crippen LogP contribution in [0.3, 0.4) is 0 Å². The molecule has 0 aliphatic carbocycles. The summed E-state index contributed by atoms with van der Waals surface area (Å²) < 4.78 is 88.7. The number of aromatic nitrogens is 8. The van der Waals surface area contributed by atoms with E-state index in [2.05, 4.69) is 84.6 Å². The molecule has 117 heavy (non-hydrogen) atoms. The smallest absolute Gasteiger partial charge is 1.00 e.